The molecule has 2 aromatic rings. The molecule has 5 heteroatoms. The van der Waals surface area contributed by atoms with Crippen LogP contribution in [-0.2, 0) is 17.8 Å². The molecule has 4 nitrogen and oxygen atoms in total. The first-order valence-corrected chi connectivity index (χ1v) is 7.70. The highest BCUT2D eigenvalue weighted by atomic mass is 19.1. The van der Waals surface area contributed by atoms with Gasteiger partial charge in [0, 0.05) is 18.3 Å². The van der Waals surface area contributed by atoms with E-state index in [0.717, 1.165) is 0 Å². The van der Waals surface area contributed by atoms with E-state index in [4.69, 9.17) is 4.74 Å². The van der Waals surface area contributed by atoms with Gasteiger partial charge in [-0.25, -0.2) is 4.39 Å². The van der Waals surface area contributed by atoms with E-state index in [1.54, 1.807) is 13.0 Å². The molecule has 23 heavy (non-hydrogen) atoms. The minimum Gasteiger partial charge on any atom is -0.491 e. The SMILES string of the molecule is CCOc1ccc(NC(=O)C2Cc3ccccc3CN2)cc1F. The topological polar surface area (TPSA) is 50.4 Å². The van der Waals surface area contributed by atoms with E-state index >= 15 is 0 Å². The molecule has 3 rings (SSSR count). The third kappa shape index (κ3) is 3.51. The zero-order chi connectivity index (χ0) is 16.2. The molecule has 1 aliphatic heterocycles. The van der Waals surface area contributed by atoms with E-state index in [0.29, 0.717) is 25.3 Å². The second-order valence-corrected chi connectivity index (χ2v) is 5.47. The normalized spacial score (nSPS) is 16.5. The summed E-state index contributed by atoms with van der Waals surface area (Å²) < 4.78 is 19.0. The second kappa shape index (κ2) is 6.79. The van der Waals surface area contributed by atoms with Crippen LogP contribution in [0.25, 0.3) is 0 Å². The van der Waals surface area contributed by atoms with Crippen molar-refractivity contribution in [3.63, 3.8) is 0 Å². The molecule has 2 aromatic carbocycles. The Bertz CT molecular complexity index is 718. The predicted octanol–water partition coefficient (Wildman–Crippen LogP) is 2.88. The fraction of sp³-hybridized carbons (Fsp3) is 0.278. The van der Waals surface area contributed by atoms with Crippen LogP contribution in [0.4, 0.5) is 10.1 Å². The van der Waals surface area contributed by atoms with Crippen LogP contribution in [0.15, 0.2) is 42.5 Å². The Morgan fingerprint density at radius 1 is 1.30 bits per heavy atom. The predicted molar refractivity (Wildman–Crippen MR) is 87.0 cm³/mol. The molecule has 0 saturated heterocycles. The van der Waals surface area contributed by atoms with Crippen molar-refractivity contribution in [3.8, 4) is 5.75 Å². The second-order valence-electron chi connectivity index (χ2n) is 5.47. The standard InChI is InChI=1S/C18H19FN2O2/c1-2-23-17-8-7-14(10-15(17)19)21-18(22)16-9-12-5-3-4-6-13(12)11-20-16/h3-8,10,16,20H,2,9,11H2,1H3,(H,21,22). The van der Waals surface area contributed by atoms with E-state index in [1.807, 2.05) is 18.2 Å². The summed E-state index contributed by atoms with van der Waals surface area (Å²) >= 11 is 0. The van der Waals surface area contributed by atoms with Gasteiger partial charge in [-0.15, -0.1) is 0 Å². The first-order chi connectivity index (χ1) is 11.2. The minimum atomic E-state index is -0.480. The maximum Gasteiger partial charge on any atom is 0.241 e. The van der Waals surface area contributed by atoms with Gasteiger partial charge in [0.25, 0.3) is 0 Å². The van der Waals surface area contributed by atoms with Crippen LogP contribution in [0, 0.1) is 5.82 Å². The van der Waals surface area contributed by atoms with Crippen molar-refractivity contribution in [1.29, 1.82) is 0 Å². The number of halogens is 1. The molecule has 0 saturated carbocycles. The Morgan fingerprint density at radius 2 is 2.09 bits per heavy atom. The molecule has 0 spiro atoms. The Morgan fingerprint density at radius 3 is 2.83 bits per heavy atom. The minimum absolute atomic E-state index is 0.164. The lowest BCUT2D eigenvalue weighted by molar-refractivity contribution is -0.118. The zero-order valence-electron chi connectivity index (χ0n) is 12.9. The van der Waals surface area contributed by atoms with Gasteiger partial charge >= 0.3 is 0 Å². The van der Waals surface area contributed by atoms with E-state index < -0.39 is 5.82 Å². The number of carbonyl (C=O) groups excluding carboxylic acids is 1. The van der Waals surface area contributed by atoms with Gasteiger partial charge in [0.1, 0.15) is 0 Å². The molecular weight excluding hydrogens is 295 g/mol. The number of nitrogens with one attached hydrogen (secondary N) is 2. The first-order valence-electron chi connectivity index (χ1n) is 7.70. The molecule has 2 N–H and O–H groups in total. The van der Waals surface area contributed by atoms with Gasteiger partial charge < -0.3 is 15.4 Å². The molecule has 0 fully saturated rings. The van der Waals surface area contributed by atoms with Crippen molar-refractivity contribution in [2.75, 3.05) is 11.9 Å². The van der Waals surface area contributed by atoms with E-state index in [1.165, 1.54) is 23.3 Å². The lowest BCUT2D eigenvalue weighted by Gasteiger charge is -2.25. The summed E-state index contributed by atoms with van der Waals surface area (Å²) in [5.41, 5.74) is 2.81. The number of amides is 1. The molecular formula is C18H19FN2O2. The van der Waals surface area contributed by atoms with Crippen LogP contribution in [-0.4, -0.2) is 18.6 Å². The molecule has 1 unspecified atom stereocenters. The number of fused-ring (bicyclic) bond motifs is 1. The van der Waals surface area contributed by atoms with E-state index in [-0.39, 0.29) is 17.7 Å². The number of ether oxygens (including phenoxy) is 1. The Kier molecular flexibility index (Phi) is 4.57. The Balaban J connectivity index is 1.67. The first kappa shape index (κ1) is 15.5. The third-order valence-corrected chi connectivity index (χ3v) is 3.90. The van der Waals surface area contributed by atoms with Gasteiger partial charge in [-0.05, 0) is 36.6 Å². The Labute approximate surface area is 134 Å². The molecule has 1 heterocycles. The van der Waals surface area contributed by atoms with Crippen molar-refractivity contribution in [1.82, 2.24) is 5.32 Å². The average Bonchev–Trinajstić information content (AvgIpc) is 2.57. The molecule has 0 aliphatic carbocycles. The van der Waals surface area contributed by atoms with Crippen LogP contribution in [0.3, 0.4) is 0 Å². The maximum atomic E-state index is 13.8. The fourth-order valence-corrected chi connectivity index (χ4v) is 2.72. The maximum absolute atomic E-state index is 13.8. The summed E-state index contributed by atoms with van der Waals surface area (Å²) in [4.78, 5) is 12.4. The van der Waals surface area contributed by atoms with Crippen LogP contribution >= 0.6 is 0 Å². The zero-order valence-corrected chi connectivity index (χ0v) is 12.9. The molecule has 1 atom stereocenters. The van der Waals surface area contributed by atoms with E-state index in [2.05, 4.69) is 16.7 Å². The van der Waals surface area contributed by atoms with Gasteiger partial charge in [-0.3, -0.25) is 4.79 Å². The molecule has 1 amide bonds. The van der Waals surface area contributed by atoms with Gasteiger partial charge in [-0.2, -0.15) is 0 Å². The lowest BCUT2D eigenvalue weighted by atomic mass is 9.95. The number of benzene rings is 2. The van der Waals surface area contributed by atoms with Gasteiger partial charge in [-0.1, -0.05) is 24.3 Å². The number of hydrogen-bond donors (Lipinski definition) is 2. The van der Waals surface area contributed by atoms with Crippen LogP contribution in [0.1, 0.15) is 18.1 Å². The van der Waals surface area contributed by atoms with Crippen molar-refractivity contribution in [2.24, 2.45) is 0 Å². The molecule has 0 bridgehead atoms. The summed E-state index contributed by atoms with van der Waals surface area (Å²) in [7, 11) is 0. The Hall–Kier alpha value is -2.40. The highest BCUT2D eigenvalue weighted by Gasteiger charge is 2.24. The average molecular weight is 314 g/mol. The monoisotopic (exact) mass is 314 g/mol. The highest BCUT2D eigenvalue weighted by Crippen LogP contribution is 2.22. The number of rotatable bonds is 4. The summed E-state index contributed by atoms with van der Waals surface area (Å²) in [6.45, 7) is 2.85. The van der Waals surface area contributed by atoms with Crippen molar-refractivity contribution < 1.29 is 13.9 Å². The lowest BCUT2D eigenvalue weighted by Crippen LogP contribution is -2.44. The summed E-state index contributed by atoms with van der Waals surface area (Å²) in [5, 5.41) is 5.97. The largest absolute Gasteiger partial charge is 0.491 e. The molecule has 120 valence electrons. The van der Waals surface area contributed by atoms with Gasteiger partial charge in [0.2, 0.25) is 5.91 Å². The third-order valence-electron chi connectivity index (χ3n) is 3.90. The quantitative estimate of drug-likeness (QED) is 0.912. The van der Waals surface area contributed by atoms with Crippen LogP contribution < -0.4 is 15.4 Å². The van der Waals surface area contributed by atoms with Crippen molar-refractivity contribution in [3.05, 3.63) is 59.4 Å². The van der Waals surface area contributed by atoms with Gasteiger partial charge in [0.15, 0.2) is 11.6 Å². The number of anilines is 1. The highest BCUT2D eigenvalue weighted by molar-refractivity contribution is 5.95. The number of hydrogen-bond acceptors (Lipinski definition) is 3. The molecule has 0 radical (unpaired) electrons. The fourth-order valence-electron chi connectivity index (χ4n) is 2.72. The van der Waals surface area contributed by atoms with Crippen LogP contribution in [0.2, 0.25) is 0 Å². The van der Waals surface area contributed by atoms with Gasteiger partial charge in [0.05, 0.1) is 12.6 Å². The van der Waals surface area contributed by atoms with Crippen molar-refractivity contribution in [2.45, 2.75) is 25.9 Å². The van der Waals surface area contributed by atoms with Crippen molar-refractivity contribution >= 4 is 11.6 Å². The summed E-state index contributed by atoms with van der Waals surface area (Å²) in [6, 6.07) is 12.2. The summed E-state index contributed by atoms with van der Waals surface area (Å²) in [6.07, 6.45) is 0.627. The smallest absolute Gasteiger partial charge is 0.241 e. The molecule has 1 aliphatic rings. The summed E-state index contributed by atoms with van der Waals surface area (Å²) in [5.74, 6) is -0.454. The van der Waals surface area contributed by atoms with Crippen LogP contribution in [0.5, 0.6) is 5.75 Å². The molecule has 0 aromatic heterocycles. The number of carbonyl (C=O) groups is 1. The van der Waals surface area contributed by atoms with E-state index in [9.17, 15) is 9.18 Å².